The third-order valence-corrected chi connectivity index (χ3v) is 3.89. The topological polar surface area (TPSA) is 26.3 Å². The van der Waals surface area contributed by atoms with Crippen molar-refractivity contribution in [3.05, 3.63) is 24.3 Å². The number of methoxy groups -OCH3 is 1. The lowest BCUT2D eigenvalue weighted by molar-refractivity contribution is -0.148. The number of carbonyl (C=O) groups is 1. The highest BCUT2D eigenvalue weighted by Gasteiger charge is 2.74. The van der Waals surface area contributed by atoms with Crippen LogP contribution in [0.5, 0.6) is 0 Å². The minimum absolute atomic E-state index is 0.0362. The van der Waals surface area contributed by atoms with Crippen LogP contribution in [-0.4, -0.2) is 13.1 Å². The molecule has 0 aliphatic heterocycles. The number of esters is 1. The lowest BCUT2D eigenvalue weighted by Gasteiger charge is -2.15. The predicted octanol–water partition coefficient (Wildman–Crippen LogP) is 3.34. The van der Waals surface area contributed by atoms with E-state index in [-0.39, 0.29) is 17.3 Å². The van der Waals surface area contributed by atoms with Crippen LogP contribution in [0.3, 0.4) is 0 Å². The van der Waals surface area contributed by atoms with Gasteiger partial charge in [-0.3, -0.25) is 4.79 Å². The maximum atomic E-state index is 12.0. The van der Waals surface area contributed by atoms with E-state index in [1.165, 1.54) is 12.7 Å². The van der Waals surface area contributed by atoms with Crippen LogP contribution in [0.2, 0.25) is 0 Å². The van der Waals surface area contributed by atoms with Gasteiger partial charge in [-0.05, 0) is 25.7 Å². The van der Waals surface area contributed by atoms with E-state index >= 15 is 0 Å². The zero-order chi connectivity index (χ0) is 12.6. The normalized spacial score (nSPS) is 30.4. The summed E-state index contributed by atoms with van der Waals surface area (Å²) in [6.45, 7) is 12.1. The van der Waals surface area contributed by atoms with Gasteiger partial charge in [0.1, 0.15) is 0 Å². The summed E-state index contributed by atoms with van der Waals surface area (Å²) in [6, 6.07) is 0. The van der Waals surface area contributed by atoms with Crippen molar-refractivity contribution in [1.29, 1.82) is 0 Å². The number of ether oxygens (including phenoxy) is 1. The van der Waals surface area contributed by atoms with Crippen molar-refractivity contribution in [3.63, 3.8) is 0 Å². The summed E-state index contributed by atoms with van der Waals surface area (Å²) in [5.74, 6) is 0.148. The summed E-state index contributed by atoms with van der Waals surface area (Å²) < 4.78 is 4.96. The second-order valence-electron chi connectivity index (χ2n) is 5.40. The molecule has 0 radical (unpaired) electrons. The standard InChI is InChI=1S/C14H22O2/c1-7-8-14(12(15)16-6)11(9-10(2)3)13(14,4)5/h7,9,11H,1,8H2,2-6H3. The summed E-state index contributed by atoms with van der Waals surface area (Å²) in [5.41, 5.74) is 0.805. The fraction of sp³-hybridized carbons (Fsp3) is 0.643. The van der Waals surface area contributed by atoms with Gasteiger partial charge in [0.25, 0.3) is 0 Å². The Morgan fingerprint density at radius 3 is 2.38 bits per heavy atom. The van der Waals surface area contributed by atoms with Gasteiger partial charge in [-0.25, -0.2) is 0 Å². The lowest BCUT2D eigenvalue weighted by atomic mass is 9.92. The van der Waals surface area contributed by atoms with E-state index in [4.69, 9.17) is 4.74 Å². The third kappa shape index (κ3) is 1.60. The van der Waals surface area contributed by atoms with Crippen LogP contribution >= 0.6 is 0 Å². The van der Waals surface area contributed by atoms with E-state index in [1.54, 1.807) is 0 Å². The van der Waals surface area contributed by atoms with Crippen LogP contribution < -0.4 is 0 Å². The SMILES string of the molecule is C=CCC1(C(=O)OC)C(C=C(C)C)C1(C)C. The number of rotatable bonds is 4. The maximum absolute atomic E-state index is 12.0. The largest absolute Gasteiger partial charge is 0.469 e. The molecule has 2 nitrogen and oxygen atoms in total. The molecule has 2 unspecified atom stereocenters. The van der Waals surface area contributed by atoms with E-state index in [0.717, 1.165) is 0 Å². The summed E-state index contributed by atoms with van der Waals surface area (Å²) >= 11 is 0. The van der Waals surface area contributed by atoms with Crippen molar-refractivity contribution in [2.45, 2.75) is 34.1 Å². The lowest BCUT2D eigenvalue weighted by Crippen LogP contribution is -2.23. The van der Waals surface area contributed by atoms with E-state index in [0.29, 0.717) is 6.42 Å². The second kappa shape index (κ2) is 4.08. The molecule has 2 heteroatoms. The quantitative estimate of drug-likeness (QED) is 0.538. The highest BCUT2D eigenvalue weighted by atomic mass is 16.5. The van der Waals surface area contributed by atoms with Gasteiger partial charge in [-0.1, -0.05) is 31.6 Å². The van der Waals surface area contributed by atoms with E-state index in [2.05, 4.69) is 40.3 Å². The Hall–Kier alpha value is -1.05. The first kappa shape index (κ1) is 13.0. The van der Waals surface area contributed by atoms with E-state index in [1.807, 2.05) is 6.08 Å². The molecule has 1 aliphatic rings. The van der Waals surface area contributed by atoms with Crippen molar-refractivity contribution >= 4 is 5.97 Å². The van der Waals surface area contributed by atoms with E-state index < -0.39 is 5.41 Å². The molecule has 1 saturated carbocycles. The molecule has 90 valence electrons. The van der Waals surface area contributed by atoms with Gasteiger partial charge < -0.3 is 4.74 Å². The molecule has 1 aliphatic carbocycles. The predicted molar refractivity (Wildman–Crippen MR) is 66.0 cm³/mol. The zero-order valence-corrected chi connectivity index (χ0v) is 11.0. The molecule has 0 amide bonds. The van der Waals surface area contributed by atoms with Gasteiger partial charge in [0, 0.05) is 5.92 Å². The van der Waals surface area contributed by atoms with Crippen molar-refractivity contribution in [3.8, 4) is 0 Å². The summed E-state index contributed by atoms with van der Waals surface area (Å²) in [6.07, 6.45) is 4.68. The highest BCUT2D eigenvalue weighted by molar-refractivity contribution is 5.83. The van der Waals surface area contributed by atoms with Gasteiger partial charge in [0.05, 0.1) is 12.5 Å². The first-order chi connectivity index (χ1) is 7.34. The van der Waals surface area contributed by atoms with Gasteiger partial charge in [-0.15, -0.1) is 6.58 Å². The number of hydrogen-bond acceptors (Lipinski definition) is 2. The molecule has 16 heavy (non-hydrogen) atoms. The van der Waals surface area contributed by atoms with E-state index in [9.17, 15) is 4.79 Å². The van der Waals surface area contributed by atoms with Crippen molar-refractivity contribution in [2.75, 3.05) is 7.11 Å². The molecule has 0 heterocycles. The van der Waals surface area contributed by atoms with Crippen LogP contribution in [0.1, 0.15) is 34.1 Å². The molecule has 0 aromatic rings. The Morgan fingerprint density at radius 2 is 2.00 bits per heavy atom. The minimum Gasteiger partial charge on any atom is -0.469 e. The van der Waals surface area contributed by atoms with Gasteiger partial charge in [0.15, 0.2) is 0 Å². The molecule has 1 rings (SSSR count). The summed E-state index contributed by atoms with van der Waals surface area (Å²) in [5, 5.41) is 0. The second-order valence-corrected chi connectivity index (χ2v) is 5.40. The average Bonchev–Trinajstić information content (AvgIpc) is 2.64. The van der Waals surface area contributed by atoms with Gasteiger partial charge in [-0.2, -0.15) is 0 Å². The molecule has 0 N–H and O–H groups in total. The fourth-order valence-electron chi connectivity index (χ4n) is 2.85. The Balaban J connectivity index is 3.10. The third-order valence-electron chi connectivity index (χ3n) is 3.89. The Kier molecular flexibility index (Phi) is 3.32. The first-order valence-corrected chi connectivity index (χ1v) is 5.69. The Morgan fingerprint density at radius 1 is 1.44 bits per heavy atom. The monoisotopic (exact) mass is 222 g/mol. The maximum Gasteiger partial charge on any atom is 0.313 e. The van der Waals surface area contributed by atoms with Crippen LogP contribution in [0.25, 0.3) is 0 Å². The molecule has 0 saturated heterocycles. The van der Waals surface area contributed by atoms with Crippen molar-refractivity contribution < 1.29 is 9.53 Å². The first-order valence-electron chi connectivity index (χ1n) is 5.69. The van der Waals surface area contributed by atoms with Crippen LogP contribution in [0, 0.1) is 16.7 Å². The molecule has 1 fully saturated rings. The molecule has 0 aromatic heterocycles. The average molecular weight is 222 g/mol. The Bertz CT molecular complexity index is 335. The molecule has 0 aromatic carbocycles. The van der Waals surface area contributed by atoms with Gasteiger partial charge in [0.2, 0.25) is 0 Å². The Labute approximate surface area is 98.4 Å². The number of hydrogen-bond donors (Lipinski definition) is 0. The van der Waals surface area contributed by atoms with Crippen LogP contribution in [-0.2, 0) is 9.53 Å². The molecule has 2 atom stereocenters. The summed E-state index contributed by atoms with van der Waals surface area (Å²) in [7, 11) is 1.46. The molecule has 0 bridgehead atoms. The number of carbonyl (C=O) groups excluding carboxylic acids is 1. The highest BCUT2D eigenvalue weighted by Crippen LogP contribution is 2.72. The summed E-state index contributed by atoms with van der Waals surface area (Å²) in [4.78, 5) is 12.0. The van der Waals surface area contributed by atoms with Crippen LogP contribution in [0.4, 0.5) is 0 Å². The van der Waals surface area contributed by atoms with Gasteiger partial charge >= 0.3 is 5.97 Å². The van der Waals surface area contributed by atoms with Crippen molar-refractivity contribution in [2.24, 2.45) is 16.7 Å². The van der Waals surface area contributed by atoms with Crippen molar-refractivity contribution in [1.82, 2.24) is 0 Å². The molecular formula is C14H22O2. The molecular weight excluding hydrogens is 200 g/mol. The number of allylic oxidation sites excluding steroid dienone is 3. The fourth-order valence-corrected chi connectivity index (χ4v) is 2.85. The molecule has 0 spiro atoms. The smallest absolute Gasteiger partial charge is 0.313 e. The van der Waals surface area contributed by atoms with Crippen LogP contribution in [0.15, 0.2) is 24.3 Å². The zero-order valence-electron chi connectivity index (χ0n) is 11.0. The minimum atomic E-state index is -0.402.